The average molecular weight is 336 g/mol. The first kappa shape index (κ1) is 16.8. The van der Waals surface area contributed by atoms with Crippen LogP contribution < -0.4 is 15.2 Å². The number of methoxy groups -OCH3 is 1. The Bertz CT molecular complexity index is 971. The summed E-state index contributed by atoms with van der Waals surface area (Å²) in [6.07, 6.45) is 0.871. The van der Waals surface area contributed by atoms with Gasteiger partial charge in [0.05, 0.1) is 25.0 Å². The van der Waals surface area contributed by atoms with E-state index in [-0.39, 0.29) is 0 Å². The zero-order valence-corrected chi connectivity index (χ0v) is 14.1. The summed E-state index contributed by atoms with van der Waals surface area (Å²) in [5.41, 5.74) is 2.64. The average Bonchev–Trinajstić information content (AvgIpc) is 2.65. The summed E-state index contributed by atoms with van der Waals surface area (Å²) in [6.45, 7) is 1.67. The van der Waals surface area contributed by atoms with Crippen LogP contribution in [0.1, 0.15) is 12.5 Å². The number of rotatable bonds is 5. The highest BCUT2D eigenvalue weighted by molar-refractivity contribution is 5.79. The molecule has 0 N–H and O–H groups in total. The third kappa shape index (κ3) is 3.71. The van der Waals surface area contributed by atoms with Crippen molar-refractivity contribution in [3.8, 4) is 17.1 Å². The second kappa shape index (κ2) is 7.21. The van der Waals surface area contributed by atoms with E-state index in [1.54, 1.807) is 13.2 Å². The third-order valence-corrected chi connectivity index (χ3v) is 3.97. The van der Waals surface area contributed by atoms with Crippen molar-refractivity contribution < 1.29 is 19.1 Å². The van der Waals surface area contributed by atoms with Crippen LogP contribution in [-0.2, 0) is 11.2 Å². The summed E-state index contributed by atoms with van der Waals surface area (Å²) in [5.74, 6) is 0.141. The lowest BCUT2D eigenvalue weighted by Crippen LogP contribution is -2.26. The maximum atomic E-state index is 10.8. The van der Waals surface area contributed by atoms with E-state index in [1.165, 1.54) is 0 Å². The predicted molar refractivity (Wildman–Crippen MR) is 93.0 cm³/mol. The van der Waals surface area contributed by atoms with Crippen LogP contribution in [0.15, 0.2) is 57.9 Å². The number of nitrogens with zero attached hydrogens (tertiary/aromatic N) is 1. The van der Waals surface area contributed by atoms with Gasteiger partial charge in [0.1, 0.15) is 17.1 Å². The molecule has 5 heteroatoms. The van der Waals surface area contributed by atoms with Crippen LogP contribution in [-0.4, -0.2) is 19.6 Å². The normalized spacial score (nSPS) is 11.7. The van der Waals surface area contributed by atoms with Gasteiger partial charge in [-0.05, 0) is 48.4 Å². The topological polar surface area (TPSA) is 74.9 Å². The van der Waals surface area contributed by atoms with Crippen LogP contribution in [0.2, 0.25) is 0 Å². The summed E-state index contributed by atoms with van der Waals surface area (Å²) in [7, 11) is 1.61. The van der Waals surface area contributed by atoms with Crippen molar-refractivity contribution in [3.63, 3.8) is 0 Å². The van der Waals surface area contributed by atoms with Gasteiger partial charge in [0.2, 0.25) is 0 Å². The molecular weight excluding hydrogens is 318 g/mol. The van der Waals surface area contributed by atoms with Gasteiger partial charge < -0.3 is 19.1 Å². The molecule has 5 nitrogen and oxygen atoms in total. The first-order chi connectivity index (χ1) is 12.1. The Balaban J connectivity index is 2.20. The van der Waals surface area contributed by atoms with Crippen LogP contribution in [0.25, 0.3) is 22.3 Å². The first-order valence-corrected chi connectivity index (χ1v) is 8.02. The van der Waals surface area contributed by atoms with E-state index < -0.39 is 12.5 Å². The van der Waals surface area contributed by atoms with Crippen molar-refractivity contribution in [2.45, 2.75) is 13.3 Å². The summed E-state index contributed by atoms with van der Waals surface area (Å²) in [6, 6.07) is 15.1. The fourth-order valence-electron chi connectivity index (χ4n) is 2.61. The van der Waals surface area contributed by atoms with E-state index in [0.29, 0.717) is 16.7 Å². The van der Waals surface area contributed by atoms with Crippen LogP contribution in [0, 0.1) is 0 Å². The van der Waals surface area contributed by atoms with Gasteiger partial charge in [-0.15, -0.1) is 0 Å². The van der Waals surface area contributed by atoms with Gasteiger partial charge in [0.15, 0.2) is 0 Å². The highest BCUT2D eigenvalue weighted by Gasteiger charge is 2.07. The molecule has 0 unspecified atom stereocenters. The highest BCUT2D eigenvalue weighted by atomic mass is 16.5. The van der Waals surface area contributed by atoms with E-state index >= 15 is 0 Å². The van der Waals surface area contributed by atoms with Gasteiger partial charge in [-0.25, -0.2) is 0 Å². The molecule has 0 radical (unpaired) electrons. The number of fused-ring (bicyclic) bond motifs is 1. The second-order valence-corrected chi connectivity index (χ2v) is 5.60. The molecule has 3 rings (SSSR count). The molecule has 1 aromatic heterocycles. The van der Waals surface area contributed by atoms with E-state index in [0.717, 1.165) is 28.7 Å². The number of benzene rings is 2. The Morgan fingerprint density at radius 2 is 1.92 bits per heavy atom. The van der Waals surface area contributed by atoms with Gasteiger partial charge in [-0.1, -0.05) is 13.0 Å². The van der Waals surface area contributed by atoms with Crippen LogP contribution in [0.5, 0.6) is 5.75 Å². The monoisotopic (exact) mass is 336 g/mol. The van der Waals surface area contributed by atoms with Crippen molar-refractivity contribution in [1.82, 2.24) is 0 Å². The van der Waals surface area contributed by atoms with Gasteiger partial charge in [0, 0.05) is 17.0 Å². The Kier molecular flexibility index (Phi) is 4.84. The minimum Gasteiger partial charge on any atom is -0.548 e. The Labute approximate surface area is 145 Å². The zero-order chi connectivity index (χ0) is 17.8. The molecule has 3 aromatic rings. The standard InChI is InChI=1S/C20H19NO4/c1-3-13-4-9-18-16(10-13)17(21-12-20(22)23)11-19(25-18)14-5-7-15(24-2)8-6-14/h4-11H,3,12H2,1-2H3,(H,22,23)/p-1. The maximum Gasteiger partial charge on any atom is 0.136 e. The van der Waals surface area contributed by atoms with Crippen molar-refractivity contribution in [1.29, 1.82) is 0 Å². The van der Waals surface area contributed by atoms with Crippen LogP contribution in [0.4, 0.5) is 0 Å². The molecule has 0 aliphatic rings. The lowest BCUT2D eigenvalue weighted by Gasteiger charge is -2.07. The van der Waals surface area contributed by atoms with Crippen molar-refractivity contribution in [3.05, 3.63) is 59.5 Å². The van der Waals surface area contributed by atoms with Crippen molar-refractivity contribution in [2.24, 2.45) is 4.99 Å². The molecule has 0 atom stereocenters. The van der Waals surface area contributed by atoms with E-state index in [1.807, 2.05) is 42.5 Å². The summed E-state index contributed by atoms with van der Waals surface area (Å²) < 4.78 is 11.2. The number of carbonyl (C=O) groups excluding carboxylic acids is 1. The van der Waals surface area contributed by atoms with Gasteiger partial charge in [-0.2, -0.15) is 0 Å². The fourth-order valence-corrected chi connectivity index (χ4v) is 2.61. The third-order valence-electron chi connectivity index (χ3n) is 3.97. The predicted octanol–water partition coefficient (Wildman–Crippen LogP) is 2.32. The minimum absolute atomic E-state index is 0.391. The first-order valence-electron chi connectivity index (χ1n) is 8.02. The highest BCUT2D eigenvalue weighted by Crippen LogP contribution is 2.25. The minimum atomic E-state index is -1.22. The summed E-state index contributed by atoms with van der Waals surface area (Å²) >= 11 is 0. The quantitative estimate of drug-likeness (QED) is 0.716. The number of aliphatic carboxylic acids is 1. The summed E-state index contributed by atoms with van der Waals surface area (Å²) in [5, 5.41) is 12.2. The molecule has 0 fully saturated rings. The molecule has 0 aliphatic heterocycles. The van der Waals surface area contributed by atoms with E-state index in [4.69, 9.17) is 9.15 Å². The molecule has 128 valence electrons. The molecule has 0 aliphatic carbocycles. The number of carbonyl (C=O) groups is 1. The number of aryl methyl sites for hydroxylation is 1. The maximum absolute atomic E-state index is 10.8. The molecule has 2 aromatic carbocycles. The van der Waals surface area contributed by atoms with Crippen LogP contribution in [0.3, 0.4) is 0 Å². The zero-order valence-electron chi connectivity index (χ0n) is 14.1. The number of ether oxygens (including phenoxy) is 1. The Morgan fingerprint density at radius 1 is 1.16 bits per heavy atom. The molecule has 0 saturated carbocycles. The molecule has 0 saturated heterocycles. The second-order valence-electron chi connectivity index (χ2n) is 5.60. The van der Waals surface area contributed by atoms with Crippen LogP contribution >= 0.6 is 0 Å². The lowest BCUT2D eigenvalue weighted by atomic mass is 10.1. The number of carboxylic acids is 1. The number of hydrogen-bond acceptors (Lipinski definition) is 5. The van der Waals surface area contributed by atoms with Crippen molar-refractivity contribution >= 4 is 16.9 Å². The summed E-state index contributed by atoms with van der Waals surface area (Å²) in [4.78, 5) is 15.0. The smallest absolute Gasteiger partial charge is 0.136 e. The Morgan fingerprint density at radius 3 is 2.56 bits per heavy atom. The largest absolute Gasteiger partial charge is 0.548 e. The van der Waals surface area contributed by atoms with Gasteiger partial charge in [-0.3, -0.25) is 4.99 Å². The van der Waals surface area contributed by atoms with Gasteiger partial charge >= 0.3 is 0 Å². The SMILES string of the molecule is CCc1ccc2oc(-c3ccc(OC)cc3)cc(=NCC(=O)[O-])c2c1. The molecule has 0 bridgehead atoms. The molecule has 1 heterocycles. The molecule has 25 heavy (non-hydrogen) atoms. The molecule has 0 spiro atoms. The molecule has 0 amide bonds. The lowest BCUT2D eigenvalue weighted by molar-refractivity contribution is -0.303. The molecular formula is C20H18NO4-. The van der Waals surface area contributed by atoms with E-state index in [2.05, 4.69) is 11.9 Å². The fraction of sp³-hybridized carbons (Fsp3) is 0.200. The number of hydrogen-bond donors (Lipinski definition) is 0. The van der Waals surface area contributed by atoms with Crippen molar-refractivity contribution in [2.75, 3.05) is 13.7 Å². The van der Waals surface area contributed by atoms with Gasteiger partial charge in [0.25, 0.3) is 0 Å². The van der Waals surface area contributed by atoms with E-state index in [9.17, 15) is 9.90 Å². The Hall–Kier alpha value is -3.08. The number of carboxylic acid groups (broad SMARTS) is 1.